The molecule has 0 amide bonds. The molecular formula is C10H8NOS. The smallest absolute Gasteiger partial charge is 0.188 e. The maximum Gasteiger partial charge on any atom is 0.188 e. The van der Waals surface area contributed by atoms with Crippen LogP contribution in [0, 0.1) is 6.92 Å². The van der Waals surface area contributed by atoms with Crippen LogP contribution in [0.1, 0.15) is 5.56 Å². The normalized spacial score (nSPS) is 10.2. The first kappa shape index (κ1) is 8.26. The third-order valence-electron chi connectivity index (χ3n) is 1.80. The van der Waals surface area contributed by atoms with Crippen LogP contribution >= 0.6 is 11.3 Å². The van der Waals surface area contributed by atoms with E-state index in [2.05, 4.69) is 4.98 Å². The highest BCUT2D eigenvalue weighted by Crippen LogP contribution is 2.31. The average Bonchev–Trinajstić information content (AvgIpc) is 2.61. The summed E-state index contributed by atoms with van der Waals surface area (Å²) in [6, 6.07) is 5.28. The van der Waals surface area contributed by atoms with Gasteiger partial charge >= 0.3 is 0 Å². The van der Waals surface area contributed by atoms with Crippen molar-refractivity contribution in [2.75, 3.05) is 0 Å². The van der Waals surface area contributed by atoms with Gasteiger partial charge in [-0.25, -0.2) is 4.98 Å². The van der Waals surface area contributed by atoms with Gasteiger partial charge < -0.3 is 0 Å². The van der Waals surface area contributed by atoms with E-state index in [-0.39, 0.29) is 5.75 Å². The lowest BCUT2D eigenvalue weighted by Crippen LogP contribution is -1.78. The lowest BCUT2D eigenvalue weighted by Gasteiger charge is -1.98. The SMILES string of the molecule is Cc1ccc([O])c(-c2nccs2)c1. The van der Waals surface area contributed by atoms with Crippen molar-refractivity contribution in [2.24, 2.45) is 0 Å². The zero-order chi connectivity index (χ0) is 9.26. The topological polar surface area (TPSA) is 32.8 Å². The summed E-state index contributed by atoms with van der Waals surface area (Å²) in [7, 11) is 0. The van der Waals surface area contributed by atoms with Gasteiger partial charge in [-0.2, -0.15) is 0 Å². The molecule has 2 nitrogen and oxygen atoms in total. The Morgan fingerprint density at radius 1 is 1.38 bits per heavy atom. The van der Waals surface area contributed by atoms with Gasteiger partial charge in [-0.3, -0.25) is 5.11 Å². The Hall–Kier alpha value is -1.35. The Bertz CT molecular complexity index is 409. The van der Waals surface area contributed by atoms with E-state index in [4.69, 9.17) is 0 Å². The van der Waals surface area contributed by atoms with E-state index < -0.39 is 0 Å². The summed E-state index contributed by atoms with van der Waals surface area (Å²) in [5.74, 6) is 0.0422. The highest BCUT2D eigenvalue weighted by atomic mass is 32.1. The van der Waals surface area contributed by atoms with Crippen molar-refractivity contribution in [1.82, 2.24) is 4.98 Å². The molecule has 0 N–H and O–H groups in total. The molecule has 2 aromatic rings. The summed E-state index contributed by atoms with van der Waals surface area (Å²) < 4.78 is 0. The van der Waals surface area contributed by atoms with Crippen molar-refractivity contribution in [3.63, 3.8) is 0 Å². The second-order valence-corrected chi connectivity index (χ2v) is 3.73. The maximum atomic E-state index is 11.4. The fourth-order valence-corrected chi connectivity index (χ4v) is 1.83. The molecule has 0 fully saturated rings. The molecule has 1 aromatic carbocycles. The van der Waals surface area contributed by atoms with Crippen molar-refractivity contribution in [1.29, 1.82) is 0 Å². The molecule has 0 saturated carbocycles. The second-order valence-electron chi connectivity index (χ2n) is 2.84. The highest BCUT2D eigenvalue weighted by Gasteiger charge is 2.07. The van der Waals surface area contributed by atoms with E-state index in [0.29, 0.717) is 5.56 Å². The predicted molar refractivity (Wildman–Crippen MR) is 52.4 cm³/mol. The predicted octanol–water partition coefficient (Wildman–Crippen LogP) is 3.26. The first-order valence-corrected chi connectivity index (χ1v) is 4.83. The first-order chi connectivity index (χ1) is 6.27. The molecular weight excluding hydrogens is 182 g/mol. The van der Waals surface area contributed by atoms with Gasteiger partial charge in [0.25, 0.3) is 0 Å². The fraction of sp³-hybridized carbons (Fsp3) is 0.100. The van der Waals surface area contributed by atoms with Gasteiger partial charge in [0.2, 0.25) is 0 Å². The Morgan fingerprint density at radius 3 is 2.92 bits per heavy atom. The molecule has 0 aliphatic rings. The Kier molecular flexibility index (Phi) is 2.02. The zero-order valence-electron chi connectivity index (χ0n) is 7.15. The number of hydrogen-bond acceptors (Lipinski definition) is 2. The zero-order valence-corrected chi connectivity index (χ0v) is 7.97. The van der Waals surface area contributed by atoms with Crippen LogP contribution in [0.5, 0.6) is 5.75 Å². The molecule has 0 aliphatic heterocycles. The van der Waals surface area contributed by atoms with Gasteiger partial charge in [-0.1, -0.05) is 11.6 Å². The van der Waals surface area contributed by atoms with E-state index in [9.17, 15) is 5.11 Å². The first-order valence-electron chi connectivity index (χ1n) is 3.95. The van der Waals surface area contributed by atoms with Crippen LogP contribution in [-0.4, -0.2) is 4.98 Å². The molecule has 0 saturated heterocycles. The van der Waals surface area contributed by atoms with E-state index >= 15 is 0 Å². The number of rotatable bonds is 1. The average molecular weight is 190 g/mol. The molecule has 0 spiro atoms. The van der Waals surface area contributed by atoms with E-state index in [1.54, 1.807) is 12.3 Å². The summed E-state index contributed by atoms with van der Waals surface area (Å²) in [5.41, 5.74) is 1.79. The van der Waals surface area contributed by atoms with E-state index in [1.807, 2.05) is 24.4 Å². The molecule has 1 heterocycles. The number of benzene rings is 1. The molecule has 65 valence electrons. The Morgan fingerprint density at radius 2 is 2.23 bits per heavy atom. The second kappa shape index (κ2) is 3.18. The van der Waals surface area contributed by atoms with Gasteiger partial charge in [0.1, 0.15) is 5.01 Å². The molecule has 0 atom stereocenters. The van der Waals surface area contributed by atoms with Crippen LogP contribution in [0.3, 0.4) is 0 Å². The molecule has 1 radical (unpaired) electrons. The standard InChI is InChI=1S/C10H8NOS/c1-7-2-3-9(12)8(6-7)10-11-4-5-13-10/h2-6H,1H3. The van der Waals surface area contributed by atoms with Crippen LogP contribution in [0.2, 0.25) is 0 Å². The van der Waals surface area contributed by atoms with Gasteiger partial charge in [0.05, 0.1) is 5.56 Å². The molecule has 0 unspecified atom stereocenters. The Balaban J connectivity index is 2.57. The fourth-order valence-electron chi connectivity index (χ4n) is 1.17. The van der Waals surface area contributed by atoms with Crippen LogP contribution in [-0.2, 0) is 5.11 Å². The van der Waals surface area contributed by atoms with Gasteiger partial charge in [-0.15, -0.1) is 11.3 Å². The van der Waals surface area contributed by atoms with Crippen LogP contribution in [0.4, 0.5) is 0 Å². The minimum atomic E-state index is 0.0422. The summed E-state index contributed by atoms with van der Waals surface area (Å²) in [6.07, 6.45) is 1.71. The lowest BCUT2D eigenvalue weighted by molar-refractivity contribution is 0.356. The van der Waals surface area contributed by atoms with E-state index in [1.165, 1.54) is 11.3 Å². The number of aromatic nitrogens is 1. The number of thiazole rings is 1. The Labute approximate surface area is 80.5 Å². The molecule has 0 bridgehead atoms. The summed E-state index contributed by atoms with van der Waals surface area (Å²) in [5, 5.41) is 14.1. The number of hydrogen-bond donors (Lipinski definition) is 0. The van der Waals surface area contributed by atoms with Crippen molar-refractivity contribution in [3.8, 4) is 16.3 Å². The molecule has 2 rings (SSSR count). The molecule has 3 heteroatoms. The van der Waals surface area contributed by atoms with Crippen LogP contribution < -0.4 is 0 Å². The number of nitrogens with zero attached hydrogens (tertiary/aromatic N) is 1. The quantitative estimate of drug-likeness (QED) is 0.679. The third kappa shape index (κ3) is 1.55. The summed E-state index contributed by atoms with van der Waals surface area (Å²) >= 11 is 1.49. The molecule has 1 aromatic heterocycles. The summed E-state index contributed by atoms with van der Waals surface area (Å²) in [4.78, 5) is 4.11. The minimum absolute atomic E-state index is 0.0422. The van der Waals surface area contributed by atoms with Crippen LogP contribution in [0.25, 0.3) is 10.6 Å². The van der Waals surface area contributed by atoms with Crippen molar-refractivity contribution in [3.05, 3.63) is 35.3 Å². The number of aryl methyl sites for hydroxylation is 1. The molecule has 0 aliphatic carbocycles. The molecule has 13 heavy (non-hydrogen) atoms. The maximum absolute atomic E-state index is 11.4. The van der Waals surface area contributed by atoms with E-state index in [0.717, 1.165) is 10.6 Å². The minimum Gasteiger partial charge on any atom is -0.289 e. The van der Waals surface area contributed by atoms with Gasteiger partial charge in [-0.05, 0) is 19.1 Å². The van der Waals surface area contributed by atoms with Crippen molar-refractivity contribution < 1.29 is 5.11 Å². The highest BCUT2D eigenvalue weighted by molar-refractivity contribution is 7.13. The van der Waals surface area contributed by atoms with Crippen LogP contribution in [0.15, 0.2) is 29.8 Å². The third-order valence-corrected chi connectivity index (χ3v) is 2.60. The van der Waals surface area contributed by atoms with Crippen molar-refractivity contribution >= 4 is 11.3 Å². The largest absolute Gasteiger partial charge is 0.289 e. The monoisotopic (exact) mass is 190 g/mol. The lowest BCUT2D eigenvalue weighted by atomic mass is 10.1. The summed E-state index contributed by atoms with van der Waals surface area (Å²) in [6.45, 7) is 1.97. The van der Waals surface area contributed by atoms with Crippen molar-refractivity contribution in [2.45, 2.75) is 6.92 Å². The van der Waals surface area contributed by atoms with Gasteiger partial charge in [0, 0.05) is 11.6 Å². The van der Waals surface area contributed by atoms with Gasteiger partial charge in [0.15, 0.2) is 5.75 Å².